The van der Waals surface area contributed by atoms with Gasteiger partial charge in [-0.25, -0.2) is 0 Å². The van der Waals surface area contributed by atoms with E-state index in [0.29, 0.717) is 0 Å². The molecule has 3 rings (SSSR count). The highest BCUT2D eigenvalue weighted by molar-refractivity contribution is 5.05. The van der Waals surface area contributed by atoms with E-state index in [1.54, 1.807) is 0 Å². The molecule has 0 saturated carbocycles. The Morgan fingerprint density at radius 1 is 1.22 bits per heavy atom. The van der Waals surface area contributed by atoms with Crippen molar-refractivity contribution < 1.29 is 0 Å². The second-order valence-electron chi connectivity index (χ2n) is 6.39. The van der Waals surface area contributed by atoms with Crippen LogP contribution in [0.4, 0.5) is 0 Å². The minimum absolute atomic E-state index is 0.737. The third kappa shape index (κ3) is 2.37. The highest BCUT2D eigenvalue weighted by Crippen LogP contribution is 2.37. The number of hydrogen-bond acceptors (Lipinski definition) is 2. The summed E-state index contributed by atoms with van der Waals surface area (Å²) in [7, 11) is 0. The zero-order chi connectivity index (χ0) is 12.4. The lowest BCUT2D eigenvalue weighted by Gasteiger charge is -2.33. The van der Waals surface area contributed by atoms with Crippen molar-refractivity contribution in [1.82, 2.24) is 10.2 Å². The second kappa shape index (κ2) is 5.75. The number of rotatable bonds is 2. The van der Waals surface area contributed by atoms with E-state index in [9.17, 15) is 0 Å². The fourth-order valence-corrected chi connectivity index (χ4v) is 4.39. The SMILES string of the molecule is CCC1C2CNCC2CN1C1/C=C/CCCCC1. The molecule has 0 aromatic carbocycles. The Balaban J connectivity index is 1.72. The second-order valence-corrected chi connectivity index (χ2v) is 6.39. The van der Waals surface area contributed by atoms with Crippen molar-refractivity contribution in [3.63, 3.8) is 0 Å². The van der Waals surface area contributed by atoms with Gasteiger partial charge in [-0.05, 0) is 50.6 Å². The zero-order valence-electron chi connectivity index (χ0n) is 11.8. The van der Waals surface area contributed by atoms with Crippen LogP contribution in [-0.4, -0.2) is 36.6 Å². The van der Waals surface area contributed by atoms with E-state index in [1.807, 2.05) is 0 Å². The van der Waals surface area contributed by atoms with Crippen molar-refractivity contribution in [2.75, 3.05) is 19.6 Å². The maximum atomic E-state index is 3.59. The van der Waals surface area contributed by atoms with E-state index in [2.05, 4.69) is 29.3 Å². The quantitative estimate of drug-likeness (QED) is 0.756. The molecular weight excluding hydrogens is 220 g/mol. The summed E-state index contributed by atoms with van der Waals surface area (Å²) in [6.45, 7) is 6.24. The smallest absolute Gasteiger partial charge is 0.0281 e. The summed E-state index contributed by atoms with van der Waals surface area (Å²) in [5, 5.41) is 3.59. The van der Waals surface area contributed by atoms with Gasteiger partial charge in [0.05, 0.1) is 0 Å². The van der Waals surface area contributed by atoms with E-state index in [4.69, 9.17) is 0 Å². The molecule has 2 heterocycles. The van der Waals surface area contributed by atoms with E-state index in [0.717, 1.165) is 23.9 Å². The molecule has 4 unspecified atom stereocenters. The Hall–Kier alpha value is -0.340. The van der Waals surface area contributed by atoms with Crippen LogP contribution in [0.25, 0.3) is 0 Å². The number of allylic oxidation sites excluding steroid dienone is 1. The molecule has 2 fully saturated rings. The predicted molar refractivity (Wildman–Crippen MR) is 76.6 cm³/mol. The number of likely N-dealkylation sites (tertiary alicyclic amines) is 1. The Morgan fingerprint density at radius 3 is 3.06 bits per heavy atom. The molecule has 2 heteroatoms. The normalized spacial score (nSPS) is 43.4. The van der Waals surface area contributed by atoms with Crippen LogP contribution in [0.5, 0.6) is 0 Å². The molecule has 0 aromatic rings. The Morgan fingerprint density at radius 2 is 2.17 bits per heavy atom. The lowest BCUT2D eigenvalue weighted by Crippen LogP contribution is -2.41. The first-order chi connectivity index (χ1) is 8.90. The van der Waals surface area contributed by atoms with Gasteiger partial charge in [-0.15, -0.1) is 0 Å². The molecule has 4 atom stereocenters. The maximum Gasteiger partial charge on any atom is 0.0281 e. The predicted octanol–water partition coefficient (Wildman–Crippen LogP) is 2.81. The molecule has 18 heavy (non-hydrogen) atoms. The summed E-state index contributed by atoms with van der Waals surface area (Å²) >= 11 is 0. The molecule has 0 radical (unpaired) electrons. The molecule has 1 aliphatic carbocycles. The third-order valence-corrected chi connectivity index (χ3v) is 5.33. The molecule has 0 bridgehead atoms. The Labute approximate surface area is 112 Å². The van der Waals surface area contributed by atoms with E-state index < -0.39 is 0 Å². The minimum Gasteiger partial charge on any atom is -0.316 e. The van der Waals surface area contributed by atoms with Crippen LogP contribution in [0.3, 0.4) is 0 Å². The van der Waals surface area contributed by atoms with Crippen LogP contribution in [-0.2, 0) is 0 Å². The van der Waals surface area contributed by atoms with Crippen molar-refractivity contribution in [3.8, 4) is 0 Å². The zero-order valence-corrected chi connectivity index (χ0v) is 11.8. The number of hydrogen-bond donors (Lipinski definition) is 1. The number of nitrogens with zero attached hydrogens (tertiary/aromatic N) is 1. The molecular formula is C16H28N2. The summed E-state index contributed by atoms with van der Waals surface area (Å²) in [4.78, 5) is 2.85. The van der Waals surface area contributed by atoms with Crippen LogP contribution >= 0.6 is 0 Å². The van der Waals surface area contributed by atoms with Crippen LogP contribution in [0, 0.1) is 11.8 Å². The van der Waals surface area contributed by atoms with Gasteiger partial charge in [0, 0.05) is 18.6 Å². The molecule has 3 aliphatic rings. The van der Waals surface area contributed by atoms with E-state index in [-0.39, 0.29) is 0 Å². The molecule has 1 N–H and O–H groups in total. The molecule has 0 spiro atoms. The van der Waals surface area contributed by atoms with Gasteiger partial charge in [-0.3, -0.25) is 4.90 Å². The van der Waals surface area contributed by atoms with Crippen molar-refractivity contribution in [2.45, 2.75) is 57.5 Å². The monoisotopic (exact) mass is 248 g/mol. The van der Waals surface area contributed by atoms with Crippen LogP contribution in [0.2, 0.25) is 0 Å². The van der Waals surface area contributed by atoms with Gasteiger partial charge in [-0.1, -0.05) is 31.9 Å². The molecule has 0 amide bonds. The van der Waals surface area contributed by atoms with Crippen molar-refractivity contribution >= 4 is 0 Å². The van der Waals surface area contributed by atoms with Gasteiger partial charge < -0.3 is 5.32 Å². The Kier molecular flexibility index (Phi) is 4.05. The lowest BCUT2D eigenvalue weighted by atomic mass is 9.92. The first kappa shape index (κ1) is 12.7. The van der Waals surface area contributed by atoms with Gasteiger partial charge in [0.15, 0.2) is 0 Å². The summed E-state index contributed by atoms with van der Waals surface area (Å²) in [6, 6.07) is 1.57. The van der Waals surface area contributed by atoms with Gasteiger partial charge in [-0.2, -0.15) is 0 Å². The molecule has 0 aromatic heterocycles. The van der Waals surface area contributed by atoms with E-state index >= 15 is 0 Å². The lowest BCUT2D eigenvalue weighted by molar-refractivity contribution is 0.171. The van der Waals surface area contributed by atoms with Crippen molar-refractivity contribution in [1.29, 1.82) is 0 Å². The fourth-order valence-electron chi connectivity index (χ4n) is 4.39. The molecule has 2 saturated heterocycles. The first-order valence-corrected chi connectivity index (χ1v) is 8.03. The van der Waals surface area contributed by atoms with Crippen LogP contribution in [0.1, 0.15) is 45.4 Å². The summed E-state index contributed by atoms with van der Waals surface area (Å²) in [5.74, 6) is 1.85. The first-order valence-electron chi connectivity index (χ1n) is 8.03. The maximum absolute atomic E-state index is 3.59. The standard InChI is InChI=1S/C16H28N2/c1-2-16-15-11-17-10-13(15)12-18(16)14-8-6-4-3-5-7-9-14/h6,8,13-17H,2-5,7,9-12H2,1H3/b8-6+. The summed E-state index contributed by atoms with van der Waals surface area (Å²) < 4.78 is 0. The average Bonchev–Trinajstić information content (AvgIpc) is 2.88. The van der Waals surface area contributed by atoms with Crippen molar-refractivity contribution in [3.05, 3.63) is 12.2 Å². The van der Waals surface area contributed by atoms with Crippen LogP contribution < -0.4 is 5.32 Å². The van der Waals surface area contributed by atoms with Gasteiger partial charge in [0.25, 0.3) is 0 Å². The van der Waals surface area contributed by atoms with Gasteiger partial charge in [0.1, 0.15) is 0 Å². The van der Waals surface area contributed by atoms with Gasteiger partial charge in [0.2, 0.25) is 0 Å². The molecule has 102 valence electrons. The highest BCUT2D eigenvalue weighted by Gasteiger charge is 2.44. The van der Waals surface area contributed by atoms with Gasteiger partial charge >= 0.3 is 0 Å². The molecule has 2 aliphatic heterocycles. The molecule has 2 nitrogen and oxygen atoms in total. The highest BCUT2D eigenvalue weighted by atomic mass is 15.2. The number of fused-ring (bicyclic) bond motifs is 1. The van der Waals surface area contributed by atoms with Crippen molar-refractivity contribution in [2.24, 2.45) is 11.8 Å². The average molecular weight is 248 g/mol. The largest absolute Gasteiger partial charge is 0.316 e. The number of nitrogens with one attached hydrogen (secondary N) is 1. The van der Waals surface area contributed by atoms with Crippen LogP contribution in [0.15, 0.2) is 12.2 Å². The Bertz CT molecular complexity index is 299. The minimum atomic E-state index is 0.737. The van der Waals surface area contributed by atoms with E-state index in [1.165, 1.54) is 58.2 Å². The fraction of sp³-hybridized carbons (Fsp3) is 0.875. The summed E-state index contributed by atoms with van der Waals surface area (Å²) in [6.07, 6.45) is 13.2. The topological polar surface area (TPSA) is 15.3 Å². The third-order valence-electron chi connectivity index (χ3n) is 5.33. The summed E-state index contributed by atoms with van der Waals surface area (Å²) in [5.41, 5.74) is 0.